The molecule has 1 rings (SSSR count). The van der Waals surface area contributed by atoms with Gasteiger partial charge in [0.25, 0.3) is 0 Å². The van der Waals surface area contributed by atoms with E-state index in [0.717, 1.165) is 19.3 Å². The van der Waals surface area contributed by atoms with E-state index in [-0.39, 0.29) is 5.97 Å². The molecule has 0 N–H and O–H groups in total. The maximum absolute atomic E-state index is 11.2. The first-order valence-electron chi connectivity index (χ1n) is 5.44. The normalized spacial score (nSPS) is 21.3. The van der Waals surface area contributed by atoms with Crippen LogP contribution in [-0.4, -0.2) is 12.6 Å². The predicted octanol–water partition coefficient (Wildman–Crippen LogP) is 3.02. The SMILES string of the molecule is C/C=C/C=CC(=O)OCC1CC=CCC1. The zero-order chi connectivity index (χ0) is 10.9. The number of allylic oxidation sites excluding steroid dienone is 5. The number of rotatable bonds is 4. The van der Waals surface area contributed by atoms with Gasteiger partial charge in [-0.25, -0.2) is 4.79 Å². The van der Waals surface area contributed by atoms with Crippen molar-refractivity contribution in [2.45, 2.75) is 26.2 Å². The van der Waals surface area contributed by atoms with E-state index in [9.17, 15) is 4.79 Å². The molecule has 2 heteroatoms. The molecule has 0 bridgehead atoms. The first-order chi connectivity index (χ1) is 7.33. The minimum atomic E-state index is -0.248. The molecule has 1 atom stereocenters. The van der Waals surface area contributed by atoms with Crippen LogP contribution in [0.4, 0.5) is 0 Å². The quantitative estimate of drug-likeness (QED) is 0.306. The maximum atomic E-state index is 11.2. The molecule has 0 spiro atoms. The van der Waals surface area contributed by atoms with E-state index in [1.54, 1.807) is 6.08 Å². The lowest BCUT2D eigenvalue weighted by Crippen LogP contribution is -2.13. The van der Waals surface area contributed by atoms with Gasteiger partial charge in [-0.1, -0.05) is 30.4 Å². The van der Waals surface area contributed by atoms with Gasteiger partial charge in [0.05, 0.1) is 6.61 Å². The smallest absolute Gasteiger partial charge is 0.330 e. The maximum Gasteiger partial charge on any atom is 0.330 e. The Morgan fingerprint density at radius 1 is 1.47 bits per heavy atom. The molecule has 0 aromatic rings. The summed E-state index contributed by atoms with van der Waals surface area (Å²) in [6.45, 7) is 2.45. The van der Waals surface area contributed by atoms with Crippen LogP contribution < -0.4 is 0 Å². The van der Waals surface area contributed by atoms with Crippen LogP contribution in [0.25, 0.3) is 0 Å². The standard InChI is InChI=1S/C13H18O2/c1-2-3-5-10-13(14)15-11-12-8-6-4-7-9-12/h2-6,10,12H,7-9,11H2,1H3/b3-2+,10-5?. The van der Waals surface area contributed by atoms with Crippen molar-refractivity contribution in [1.29, 1.82) is 0 Å². The summed E-state index contributed by atoms with van der Waals surface area (Å²) in [6, 6.07) is 0. The van der Waals surface area contributed by atoms with Gasteiger partial charge >= 0.3 is 5.97 Å². The lowest BCUT2D eigenvalue weighted by molar-refractivity contribution is -0.139. The molecular formula is C13H18O2. The van der Waals surface area contributed by atoms with Crippen molar-refractivity contribution in [2.24, 2.45) is 5.92 Å². The molecular weight excluding hydrogens is 188 g/mol. The van der Waals surface area contributed by atoms with Crippen LogP contribution in [0.3, 0.4) is 0 Å². The zero-order valence-electron chi connectivity index (χ0n) is 9.19. The minimum Gasteiger partial charge on any atom is -0.462 e. The molecule has 0 saturated carbocycles. The molecule has 0 aromatic carbocycles. The average Bonchev–Trinajstić information content (AvgIpc) is 2.28. The molecule has 0 amide bonds. The monoisotopic (exact) mass is 206 g/mol. The van der Waals surface area contributed by atoms with E-state index in [0.29, 0.717) is 12.5 Å². The van der Waals surface area contributed by atoms with Gasteiger partial charge in [0.15, 0.2) is 0 Å². The van der Waals surface area contributed by atoms with Crippen molar-refractivity contribution in [1.82, 2.24) is 0 Å². The number of carbonyl (C=O) groups excluding carboxylic acids is 1. The Hall–Kier alpha value is -1.31. The van der Waals surface area contributed by atoms with Crippen molar-refractivity contribution in [2.75, 3.05) is 6.61 Å². The molecule has 0 aliphatic heterocycles. The van der Waals surface area contributed by atoms with Gasteiger partial charge in [0.1, 0.15) is 0 Å². The average molecular weight is 206 g/mol. The van der Waals surface area contributed by atoms with Gasteiger partial charge in [-0.15, -0.1) is 0 Å². The number of carbonyl (C=O) groups is 1. The molecule has 0 saturated heterocycles. The summed E-state index contributed by atoms with van der Waals surface area (Å²) >= 11 is 0. The van der Waals surface area contributed by atoms with Crippen molar-refractivity contribution < 1.29 is 9.53 Å². The summed E-state index contributed by atoms with van der Waals surface area (Å²) in [4.78, 5) is 11.2. The summed E-state index contributed by atoms with van der Waals surface area (Å²) in [5.41, 5.74) is 0. The lowest BCUT2D eigenvalue weighted by atomic mass is 9.95. The fourth-order valence-corrected chi connectivity index (χ4v) is 1.50. The van der Waals surface area contributed by atoms with Gasteiger partial charge in [0, 0.05) is 6.08 Å². The Balaban J connectivity index is 2.18. The topological polar surface area (TPSA) is 26.3 Å². The Bertz CT molecular complexity index is 274. The van der Waals surface area contributed by atoms with Gasteiger partial charge in [-0.2, -0.15) is 0 Å². The van der Waals surface area contributed by atoms with Gasteiger partial charge in [-0.3, -0.25) is 0 Å². The third-order valence-electron chi connectivity index (χ3n) is 2.37. The van der Waals surface area contributed by atoms with Crippen molar-refractivity contribution in [3.05, 3.63) is 36.5 Å². The van der Waals surface area contributed by atoms with E-state index < -0.39 is 0 Å². The van der Waals surface area contributed by atoms with E-state index in [1.165, 1.54) is 6.08 Å². The number of esters is 1. The zero-order valence-corrected chi connectivity index (χ0v) is 9.19. The molecule has 1 unspecified atom stereocenters. The third-order valence-corrected chi connectivity index (χ3v) is 2.37. The van der Waals surface area contributed by atoms with E-state index >= 15 is 0 Å². The first-order valence-corrected chi connectivity index (χ1v) is 5.44. The van der Waals surface area contributed by atoms with E-state index in [2.05, 4.69) is 12.2 Å². The second kappa shape index (κ2) is 7.04. The first kappa shape index (κ1) is 11.8. The van der Waals surface area contributed by atoms with Crippen molar-refractivity contribution in [3.8, 4) is 0 Å². The third kappa shape index (κ3) is 5.21. The molecule has 15 heavy (non-hydrogen) atoms. The van der Waals surface area contributed by atoms with Crippen molar-refractivity contribution in [3.63, 3.8) is 0 Å². The Morgan fingerprint density at radius 3 is 3.00 bits per heavy atom. The highest BCUT2D eigenvalue weighted by atomic mass is 16.5. The van der Waals surface area contributed by atoms with E-state index in [1.807, 2.05) is 19.1 Å². The molecule has 0 radical (unpaired) electrons. The predicted molar refractivity (Wildman–Crippen MR) is 61.4 cm³/mol. The van der Waals surface area contributed by atoms with Crippen LogP contribution >= 0.6 is 0 Å². The van der Waals surface area contributed by atoms with Crippen LogP contribution in [0, 0.1) is 5.92 Å². The molecule has 82 valence electrons. The summed E-state index contributed by atoms with van der Waals surface area (Å²) in [5.74, 6) is 0.261. The van der Waals surface area contributed by atoms with Gasteiger partial charge in [-0.05, 0) is 32.1 Å². The number of hydrogen-bond acceptors (Lipinski definition) is 2. The number of ether oxygens (including phenoxy) is 1. The molecule has 0 heterocycles. The Labute approximate surface area is 91.3 Å². The largest absolute Gasteiger partial charge is 0.462 e. The van der Waals surface area contributed by atoms with Crippen LogP contribution in [0.1, 0.15) is 26.2 Å². The fraction of sp³-hybridized carbons (Fsp3) is 0.462. The molecule has 0 aromatic heterocycles. The lowest BCUT2D eigenvalue weighted by Gasteiger charge is -2.16. The van der Waals surface area contributed by atoms with E-state index in [4.69, 9.17) is 4.74 Å². The number of hydrogen-bond donors (Lipinski definition) is 0. The van der Waals surface area contributed by atoms with Crippen LogP contribution in [0.5, 0.6) is 0 Å². The highest BCUT2D eigenvalue weighted by Gasteiger charge is 2.11. The van der Waals surface area contributed by atoms with Crippen LogP contribution in [0.15, 0.2) is 36.5 Å². The second-order valence-corrected chi connectivity index (χ2v) is 3.67. The van der Waals surface area contributed by atoms with Crippen molar-refractivity contribution >= 4 is 5.97 Å². The van der Waals surface area contributed by atoms with Crippen LogP contribution in [0.2, 0.25) is 0 Å². The van der Waals surface area contributed by atoms with Gasteiger partial charge < -0.3 is 4.74 Å². The summed E-state index contributed by atoms with van der Waals surface area (Å²) < 4.78 is 5.13. The molecule has 1 aliphatic rings. The molecule has 1 aliphatic carbocycles. The minimum absolute atomic E-state index is 0.248. The Kier molecular flexibility index (Phi) is 5.52. The van der Waals surface area contributed by atoms with Gasteiger partial charge in [0.2, 0.25) is 0 Å². The Morgan fingerprint density at radius 2 is 2.33 bits per heavy atom. The molecule has 2 nitrogen and oxygen atoms in total. The molecule has 0 fully saturated rings. The summed E-state index contributed by atoms with van der Waals surface area (Å²) in [5, 5.41) is 0. The summed E-state index contributed by atoms with van der Waals surface area (Å²) in [6.07, 6.45) is 14.5. The van der Waals surface area contributed by atoms with Crippen LogP contribution in [-0.2, 0) is 9.53 Å². The highest BCUT2D eigenvalue weighted by molar-refractivity contribution is 5.82. The summed E-state index contributed by atoms with van der Waals surface area (Å²) in [7, 11) is 0. The fourth-order valence-electron chi connectivity index (χ4n) is 1.50. The second-order valence-electron chi connectivity index (χ2n) is 3.67. The highest BCUT2D eigenvalue weighted by Crippen LogP contribution is 2.18.